The van der Waals surface area contributed by atoms with Gasteiger partial charge in [-0.2, -0.15) is 0 Å². The summed E-state index contributed by atoms with van der Waals surface area (Å²) in [4.78, 5) is 0. The third-order valence-electron chi connectivity index (χ3n) is 2.28. The van der Waals surface area contributed by atoms with Gasteiger partial charge in [0.25, 0.3) is 0 Å². The number of nitrogens with zero attached hydrogens (tertiary/aromatic N) is 2. The van der Waals surface area contributed by atoms with Gasteiger partial charge in [-0.15, -0.1) is 16.7 Å². The van der Waals surface area contributed by atoms with E-state index < -0.39 is 0 Å². The number of rotatable bonds is 4. The number of benzene rings is 1. The maximum atomic E-state index is 5.60. The van der Waals surface area contributed by atoms with Crippen LogP contribution in [-0.2, 0) is 6.42 Å². The van der Waals surface area contributed by atoms with E-state index in [1.54, 1.807) is 0 Å². The highest BCUT2D eigenvalue weighted by Gasteiger charge is 2.08. The van der Waals surface area contributed by atoms with Crippen molar-refractivity contribution in [3.63, 3.8) is 0 Å². The van der Waals surface area contributed by atoms with Crippen LogP contribution in [0.5, 0.6) is 0 Å². The van der Waals surface area contributed by atoms with Crippen LogP contribution in [0, 0.1) is 6.92 Å². The van der Waals surface area contributed by atoms with Crippen LogP contribution in [0.2, 0.25) is 0 Å². The lowest BCUT2D eigenvalue weighted by Gasteiger charge is -2.06. The number of anilines is 2. The summed E-state index contributed by atoms with van der Waals surface area (Å²) in [6.45, 7) is 2.00. The summed E-state index contributed by atoms with van der Waals surface area (Å²) in [5.41, 5.74) is 2.02. The van der Waals surface area contributed by atoms with E-state index in [4.69, 9.17) is 16.0 Å². The van der Waals surface area contributed by atoms with Crippen molar-refractivity contribution in [3.05, 3.63) is 34.1 Å². The summed E-state index contributed by atoms with van der Waals surface area (Å²) in [5.74, 6) is 1.01. The summed E-state index contributed by atoms with van der Waals surface area (Å²) >= 11 is 9.06. The maximum Gasteiger partial charge on any atom is 0.320 e. The summed E-state index contributed by atoms with van der Waals surface area (Å²) in [7, 11) is 0. The van der Waals surface area contributed by atoms with Crippen LogP contribution in [0.3, 0.4) is 0 Å². The molecule has 0 radical (unpaired) electrons. The molecular formula is C11H11BrClN3O. The van der Waals surface area contributed by atoms with E-state index in [0.717, 1.165) is 15.7 Å². The van der Waals surface area contributed by atoms with Crippen LogP contribution in [0.15, 0.2) is 27.1 Å². The standard InChI is InChI=1S/C11H11BrClN3O/c1-7-8(12)3-2-4-9(7)14-11-16-15-10(17-11)5-6-13/h2-4H,5-6H2,1H3,(H,14,16). The van der Waals surface area contributed by atoms with E-state index in [1.807, 2.05) is 25.1 Å². The van der Waals surface area contributed by atoms with Crippen molar-refractivity contribution in [2.45, 2.75) is 13.3 Å². The minimum absolute atomic E-state index is 0.381. The van der Waals surface area contributed by atoms with Crippen molar-refractivity contribution in [2.75, 3.05) is 11.2 Å². The van der Waals surface area contributed by atoms with Crippen molar-refractivity contribution in [3.8, 4) is 0 Å². The molecule has 0 atom stereocenters. The van der Waals surface area contributed by atoms with Gasteiger partial charge < -0.3 is 9.73 Å². The van der Waals surface area contributed by atoms with Crippen molar-refractivity contribution in [1.29, 1.82) is 0 Å². The number of alkyl halides is 1. The molecule has 0 aliphatic heterocycles. The fraction of sp³-hybridized carbons (Fsp3) is 0.273. The van der Waals surface area contributed by atoms with Crippen LogP contribution in [-0.4, -0.2) is 16.1 Å². The Morgan fingerprint density at radius 2 is 2.24 bits per heavy atom. The van der Waals surface area contributed by atoms with Gasteiger partial charge in [0.1, 0.15) is 0 Å². The molecular weight excluding hydrogens is 305 g/mol. The fourth-order valence-corrected chi connectivity index (χ4v) is 1.87. The second kappa shape index (κ2) is 5.51. The second-order valence-electron chi connectivity index (χ2n) is 3.48. The molecule has 0 aliphatic rings. The van der Waals surface area contributed by atoms with Crippen molar-refractivity contribution >= 4 is 39.2 Å². The summed E-state index contributed by atoms with van der Waals surface area (Å²) in [5, 5.41) is 10.9. The average molecular weight is 317 g/mol. The number of nitrogens with one attached hydrogen (secondary N) is 1. The van der Waals surface area contributed by atoms with Gasteiger partial charge in [0.2, 0.25) is 5.89 Å². The quantitative estimate of drug-likeness (QED) is 0.875. The highest BCUT2D eigenvalue weighted by atomic mass is 79.9. The first-order valence-electron chi connectivity index (χ1n) is 5.11. The molecule has 6 heteroatoms. The molecule has 1 heterocycles. The molecule has 0 fully saturated rings. The van der Waals surface area contributed by atoms with Crippen LogP contribution in [0.25, 0.3) is 0 Å². The Morgan fingerprint density at radius 3 is 3.00 bits per heavy atom. The van der Waals surface area contributed by atoms with Gasteiger partial charge in [-0.05, 0) is 24.6 Å². The molecule has 90 valence electrons. The lowest BCUT2D eigenvalue weighted by atomic mass is 10.2. The predicted octanol–water partition coefficient (Wildman–Crippen LogP) is 3.67. The van der Waals surface area contributed by atoms with E-state index in [-0.39, 0.29) is 0 Å². The molecule has 2 rings (SSSR count). The molecule has 0 bridgehead atoms. The van der Waals surface area contributed by atoms with Crippen molar-refractivity contribution in [2.24, 2.45) is 0 Å². The molecule has 4 nitrogen and oxygen atoms in total. The van der Waals surface area contributed by atoms with E-state index in [9.17, 15) is 0 Å². The minimum atomic E-state index is 0.381. The van der Waals surface area contributed by atoms with Gasteiger partial charge in [0.05, 0.1) is 0 Å². The Balaban J connectivity index is 2.16. The van der Waals surface area contributed by atoms with Gasteiger partial charge in [0, 0.05) is 22.5 Å². The number of hydrogen-bond donors (Lipinski definition) is 1. The van der Waals surface area contributed by atoms with Gasteiger partial charge in [0.15, 0.2) is 0 Å². The average Bonchev–Trinajstić information content (AvgIpc) is 2.73. The minimum Gasteiger partial charge on any atom is -0.408 e. The molecule has 0 saturated carbocycles. The number of aromatic nitrogens is 2. The molecule has 0 unspecified atom stereocenters. The van der Waals surface area contributed by atoms with Crippen LogP contribution in [0.1, 0.15) is 11.5 Å². The molecule has 0 spiro atoms. The molecule has 0 aliphatic carbocycles. The smallest absolute Gasteiger partial charge is 0.320 e. The van der Waals surface area contributed by atoms with Crippen LogP contribution < -0.4 is 5.32 Å². The van der Waals surface area contributed by atoms with E-state index in [2.05, 4.69) is 31.4 Å². The normalized spacial score (nSPS) is 10.5. The summed E-state index contributed by atoms with van der Waals surface area (Å²) in [6, 6.07) is 6.25. The molecule has 1 aromatic carbocycles. The van der Waals surface area contributed by atoms with E-state index >= 15 is 0 Å². The predicted molar refractivity (Wildman–Crippen MR) is 70.9 cm³/mol. The molecule has 1 aromatic heterocycles. The first-order chi connectivity index (χ1) is 8.20. The maximum absolute atomic E-state index is 5.60. The lowest BCUT2D eigenvalue weighted by molar-refractivity contribution is 0.516. The third-order valence-corrected chi connectivity index (χ3v) is 3.33. The van der Waals surface area contributed by atoms with E-state index in [0.29, 0.717) is 24.2 Å². The van der Waals surface area contributed by atoms with Crippen LogP contribution >= 0.6 is 27.5 Å². The zero-order valence-corrected chi connectivity index (χ0v) is 11.5. The highest BCUT2D eigenvalue weighted by Crippen LogP contribution is 2.25. The molecule has 1 N–H and O–H groups in total. The molecule has 17 heavy (non-hydrogen) atoms. The molecule has 0 amide bonds. The van der Waals surface area contributed by atoms with Gasteiger partial charge in [-0.3, -0.25) is 0 Å². The Hall–Kier alpha value is -1.07. The second-order valence-corrected chi connectivity index (χ2v) is 4.71. The topological polar surface area (TPSA) is 51.0 Å². The third kappa shape index (κ3) is 2.98. The zero-order valence-electron chi connectivity index (χ0n) is 9.20. The first-order valence-corrected chi connectivity index (χ1v) is 6.44. The molecule has 2 aromatic rings. The van der Waals surface area contributed by atoms with Crippen LogP contribution in [0.4, 0.5) is 11.7 Å². The van der Waals surface area contributed by atoms with Gasteiger partial charge >= 0.3 is 6.01 Å². The lowest BCUT2D eigenvalue weighted by Crippen LogP contribution is -1.93. The number of halogens is 2. The first kappa shape index (κ1) is 12.4. The van der Waals surface area contributed by atoms with Gasteiger partial charge in [-0.1, -0.05) is 27.1 Å². The zero-order chi connectivity index (χ0) is 12.3. The monoisotopic (exact) mass is 315 g/mol. The fourth-order valence-electron chi connectivity index (χ4n) is 1.34. The largest absolute Gasteiger partial charge is 0.408 e. The van der Waals surface area contributed by atoms with E-state index in [1.165, 1.54) is 0 Å². The SMILES string of the molecule is Cc1c(Br)cccc1Nc1nnc(CCCl)o1. The Labute approximate surface area is 113 Å². The Bertz CT molecular complexity index is 515. The van der Waals surface area contributed by atoms with Crippen molar-refractivity contribution in [1.82, 2.24) is 10.2 Å². The number of hydrogen-bond acceptors (Lipinski definition) is 4. The number of aryl methyl sites for hydroxylation is 1. The highest BCUT2D eigenvalue weighted by molar-refractivity contribution is 9.10. The van der Waals surface area contributed by atoms with Crippen molar-refractivity contribution < 1.29 is 4.42 Å². The Kier molecular flexibility index (Phi) is 4.02. The van der Waals surface area contributed by atoms with Gasteiger partial charge in [-0.25, -0.2) is 0 Å². The summed E-state index contributed by atoms with van der Waals surface area (Å²) in [6.07, 6.45) is 0.577. The molecule has 0 saturated heterocycles. The Morgan fingerprint density at radius 1 is 1.41 bits per heavy atom. The summed E-state index contributed by atoms with van der Waals surface area (Å²) < 4.78 is 6.42.